The predicted octanol–water partition coefficient (Wildman–Crippen LogP) is 2.77. The van der Waals surface area contributed by atoms with Gasteiger partial charge in [-0.1, -0.05) is 33.8 Å². The number of hydrogen-bond acceptors (Lipinski definition) is 3. The van der Waals surface area contributed by atoms with Gasteiger partial charge in [0.15, 0.2) is 0 Å². The topological polar surface area (TPSA) is 44.4 Å². The molecule has 0 spiro atoms. The molecule has 1 atom stereocenters. The van der Waals surface area contributed by atoms with Crippen LogP contribution in [-0.2, 0) is 4.79 Å². The van der Waals surface area contributed by atoms with Gasteiger partial charge in [-0.25, -0.2) is 0 Å². The lowest BCUT2D eigenvalue weighted by atomic mass is 9.96. The summed E-state index contributed by atoms with van der Waals surface area (Å²) >= 11 is 0. The Kier molecular flexibility index (Phi) is 4.04. The zero-order chi connectivity index (χ0) is 14.9. The standard InChI is InChI=1S/C16H25N3O/c1-6-17-14-12-8-7-11(9-13(12)18-15(14)20)19(5)10-16(2,3)4/h7-9,14,17H,6,10H2,1-5H3,(H,18,20). The van der Waals surface area contributed by atoms with Gasteiger partial charge in [-0.3, -0.25) is 4.79 Å². The molecule has 1 aliphatic rings. The summed E-state index contributed by atoms with van der Waals surface area (Å²) < 4.78 is 0. The molecule has 1 aromatic rings. The minimum atomic E-state index is -0.211. The molecule has 4 nitrogen and oxygen atoms in total. The molecule has 20 heavy (non-hydrogen) atoms. The third kappa shape index (κ3) is 3.12. The number of carbonyl (C=O) groups excluding carboxylic acids is 1. The molecule has 110 valence electrons. The number of amides is 1. The summed E-state index contributed by atoms with van der Waals surface area (Å²) in [6.07, 6.45) is 0. The van der Waals surface area contributed by atoms with Crippen molar-refractivity contribution in [2.45, 2.75) is 33.7 Å². The highest BCUT2D eigenvalue weighted by Crippen LogP contribution is 2.34. The third-order valence-electron chi connectivity index (χ3n) is 3.43. The maximum absolute atomic E-state index is 11.9. The smallest absolute Gasteiger partial charge is 0.246 e. The van der Waals surface area contributed by atoms with Gasteiger partial charge in [0, 0.05) is 30.5 Å². The van der Waals surface area contributed by atoms with Crippen molar-refractivity contribution in [3.63, 3.8) is 0 Å². The molecule has 1 aromatic carbocycles. The highest BCUT2D eigenvalue weighted by atomic mass is 16.2. The number of hydrogen-bond donors (Lipinski definition) is 2. The summed E-state index contributed by atoms with van der Waals surface area (Å²) in [5.74, 6) is 0.0393. The van der Waals surface area contributed by atoms with Crippen molar-refractivity contribution in [1.29, 1.82) is 0 Å². The molecule has 0 aromatic heterocycles. The molecule has 1 heterocycles. The van der Waals surface area contributed by atoms with E-state index in [9.17, 15) is 4.79 Å². The van der Waals surface area contributed by atoms with Gasteiger partial charge in [0.1, 0.15) is 6.04 Å². The van der Waals surface area contributed by atoms with Crippen LogP contribution in [0.4, 0.5) is 11.4 Å². The summed E-state index contributed by atoms with van der Waals surface area (Å²) in [5, 5.41) is 6.17. The van der Waals surface area contributed by atoms with Crippen LogP contribution in [0.5, 0.6) is 0 Å². The zero-order valence-electron chi connectivity index (χ0n) is 13.1. The number of likely N-dealkylation sites (N-methyl/N-ethyl adjacent to an activating group) is 1. The lowest BCUT2D eigenvalue weighted by molar-refractivity contribution is -0.117. The molecule has 0 saturated carbocycles. The molecular formula is C16H25N3O. The van der Waals surface area contributed by atoms with Gasteiger partial charge in [-0.15, -0.1) is 0 Å². The normalized spacial score (nSPS) is 17.9. The Morgan fingerprint density at radius 1 is 1.35 bits per heavy atom. The quantitative estimate of drug-likeness (QED) is 0.888. The molecule has 4 heteroatoms. The van der Waals surface area contributed by atoms with Crippen LogP contribution < -0.4 is 15.5 Å². The van der Waals surface area contributed by atoms with E-state index in [0.717, 1.165) is 30.0 Å². The average molecular weight is 275 g/mol. The Morgan fingerprint density at radius 2 is 2.05 bits per heavy atom. The number of carbonyl (C=O) groups is 1. The maximum Gasteiger partial charge on any atom is 0.246 e. The van der Waals surface area contributed by atoms with Crippen molar-refractivity contribution in [1.82, 2.24) is 5.32 Å². The first-order valence-electron chi connectivity index (χ1n) is 7.21. The first-order valence-corrected chi connectivity index (χ1v) is 7.21. The number of rotatable bonds is 4. The number of nitrogens with one attached hydrogen (secondary N) is 2. The van der Waals surface area contributed by atoms with Crippen LogP contribution in [0, 0.1) is 5.41 Å². The molecule has 0 aliphatic carbocycles. The average Bonchev–Trinajstić information content (AvgIpc) is 2.63. The summed E-state index contributed by atoms with van der Waals surface area (Å²) in [4.78, 5) is 14.2. The van der Waals surface area contributed by atoms with E-state index in [-0.39, 0.29) is 17.4 Å². The summed E-state index contributed by atoms with van der Waals surface area (Å²) in [7, 11) is 2.09. The molecule has 0 fully saturated rings. The van der Waals surface area contributed by atoms with Gasteiger partial charge >= 0.3 is 0 Å². The minimum absolute atomic E-state index is 0.0393. The van der Waals surface area contributed by atoms with Gasteiger partial charge in [0.2, 0.25) is 5.91 Å². The molecule has 2 rings (SSSR count). The first kappa shape index (κ1) is 14.9. The van der Waals surface area contributed by atoms with Crippen LogP contribution in [0.2, 0.25) is 0 Å². The zero-order valence-corrected chi connectivity index (χ0v) is 13.1. The second-order valence-electron chi connectivity index (χ2n) is 6.67. The fourth-order valence-electron chi connectivity index (χ4n) is 2.70. The third-order valence-corrected chi connectivity index (χ3v) is 3.43. The molecule has 0 bridgehead atoms. The van der Waals surface area contributed by atoms with Crippen molar-refractivity contribution in [2.75, 3.05) is 30.4 Å². The molecule has 1 amide bonds. The van der Waals surface area contributed by atoms with Crippen molar-refractivity contribution >= 4 is 17.3 Å². The van der Waals surface area contributed by atoms with Crippen LogP contribution in [0.3, 0.4) is 0 Å². The highest BCUT2D eigenvalue weighted by Gasteiger charge is 2.30. The fraction of sp³-hybridized carbons (Fsp3) is 0.562. The Balaban J connectivity index is 2.22. The van der Waals surface area contributed by atoms with Crippen LogP contribution in [0.25, 0.3) is 0 Å². The van der Waals surface area contributed by atoms with Gasteiger partial charge in [-0.05, 0) is 24.1 Å². The molecule has 0 radical (unpaired) electrons. The first-order chi connectivity index (χ1) is 9.31. The van der Waals surface area contributed by atoms with Crippen molar-refractivity contribution in [2.24, 2.45) is 5.41 Å². The van der Waals surface area contributed by atoms with Crippen molar-refractivity contribution < 1.29 is 4.79 Å². The monoisotopic (exact) mass is 275 g/mol. The minimum Gasteiger partial charge on any atom is -0.374 e. The predicted molar refractivity (Wildman–Crippen MR) is 84.2 cm³/mol. The number of nitrogens with zero attached hydrogens (tertiary/aromatic N) is 1. The lowest BCUT2D eigenvalue weighted by Crippen LogP contribution is -2.29. The molecule has 2 N–H and O–H groups in total. The fourth-order valence-corrected chi connectivity index (χ4v) is 2.70. The van der Waals surface area contributed by atoms with Crippen LogP contribution in [-0.4, -0.2) is 26.0 Å². The maximum atomic E-state index is 11.9. The summed E-state index contributed by atoms with van der Waals surface area (Å²) in [6, 6.07) is 6.00. The van der Waals surface area contributed by atoms with E-state index in [0.29, 0.717) is 0 Å². The van der Waals surface area contributed by atoms with E-state index >= 15 is 0 Å². The second kappa shape index (κ2) is 5.44. The molecule has 1 unspecified atom stereocenters. The molecule has 1 aliphatic heterocycles. The summed E-state index contributed by atoms with van der Waals surface area (Å²) in [6.45, 7) is 10.4. The number of benzene rings is 1. The van der Waals surface area contributed by atoms with Gasteiger partial charge in [-0.2, -0.15) is 0 Å². The largest absolute Gasteiger partial charge is 0.374 e. The summed E-state index contributed by atoms with van der Waals surface area (Å²) in [5.41, 5.74) is 3.35. The van der Waals surface area contributed by atoms with E-state index in [2.05, 4.69) is 61.6 Å². The van der Waals surface area contributed by atoms with E-state index in [4.69, 9.17) is 0 Å². The van der Waals surface area contributed by atoms with E-state index < -0.39 is 0 Å². The number of anilines is 2. The van der Waals surface area contributed by atoms with Gasteiger partial charge in [0.05, 0.1) is 0 Å². The lowest BCUT2D eigenvalue weighted by Gasteiger charge is -2.28. The highest BCUT2D eigenvalue weighted by molar-refractivity contribution is 6.03. The SMILES string of the molecule is CCNC1C(=O)Nc2cc(N(C)CC(C)(C)C)ccc21. The van der Waals surface area contributed by atoms with E-state index in [1.54, 1.807) is 0 Å². The van der Waals surface area contributed by atoms with Crippen molar-refractivity contribution in [3.8, 4) is 0 Å². The molecular weight excluding hydrogens is 250 g/mol. The molecule has 0 saturated heterocycles. The Hall–Kier alpha value is -1.55. The number of fused-ring (bicyclic) bond motifs is 1. The Bertz CT molecular complexity index is 505. The Morgan fingerprint density at radius 3 is 2.65 bits per heavy atom. The second-order valence-corrected chi connectivity index (χ2v) is 6.67. The van der Waals surface area contributed by atoms with E-state index in [1.165, 1.54) is 0 Å². The van der Waals surface area contributed by atoms with Crippen molar-refractivity contribution in [3.05, 3.63) is 23.8 Å². The Labute approximate surface area is 121 Å². The van der Waals surface area contributed by atoms with Gasteiger partial charge in [0.25, 0.3) is 0 Å². The van der Waals surface area contributed by atoms with Crippen LogP contribution >= 0.6 is 0 Å². The van der Waals surface area contributed by atoms with Crippen LogP contribution in [0.15, 0.2) is 18.2 Å². The van der Waals surface area contributed by atoms with Crippen LogP contribution in [0.1, 0.15) is 39.3 Å². The van der Waals surface area contributed by atoms with E-state index in [1.807, 2.05) is 6.92 Å². The van der Waals surface area contributed by atoms with Gasteiger partial charge < -0.3 is 15.5 Å².